The van der Waals surface area contributed by atoms with Crippen molar-refractivity contribution >= 4 is 11.6 Å². The minimum Gasteiger partial charge on any atom is -0.320 e. The van der Waals surface area contributed by atoms with E-state index in [1.807, 2.05) is 60.7 Å². The summed E-state index contributed by atoms with van der Waals surface area (Å²) in [5, 5.41) is 7.17. The maximum absolute atomic E-state index is 12.8. The SMILES string of the molecule is O=C(Nc1ccccc1Cc1ccccc1)c1ccc(=O)n(-c2ccccc2)n1. The van der Waals surface area contributed by atoms with Gasteiger partial charge in [0, 0.05) is 11.8 Å². The summed E-state index contributed by atoms with van der Waals surface area (Å²) in [5.74, 6) is -0.366. The Kier molecular flexibility index (Phi) is 5.29. The fourth-order valence-corrected chi connectivity index (χ4v) is 3.08. The van der Waals surface area contributed by atoms with Gasteiger partial charge in [-0.15, -0.1) is 0 Å². The Balaban J connectivity index is 1.60. The fraction of sp³-hybridized carbons (Fsp3) is 0.0417. The lowest BCUT2D eigenvalue weighted by molar-refractivity contribution is 0.102. The summed E-state index contributed by atoms with van der Waals surface area (Å²) in [7, 11) is 0. The molecule has 1 aromatic heterocycles. The zero-order valence-corrected chi connectivity index (χ0v) is 15.7. The molecule has 0 spiro atoms. The van der Waals surface area contributed by atoms with E-state index in [2.05, 4.69) is 22.5 Å². The molecule has 4 rings (SSSR count). The molecule has 0 aliphatic heterocycles. The fourth-order valence-electron chi connectivity index (χ4n) is 3.08. The summed E-state index contributed by atoms with van der Waals surface area (Å²) in [6, 6.07) is 29.6. The molecule has 29 heavy (non-hydrogen) atoms. The number of nitrogens with one attached hydrogen (secondary N) is 1. The predicted octanol–water partition coefficient (Wildman–Crippen LogP) is 4.08. The van der Waals surface area contributed by atoms with Gasteiger partial charge in [0.25, 0.3) is 11.5 Å². The van der Waals surface area contributed by atoms with Crippen molar-refractivity contribution in [2.24, 2.45) is 0 Å². The van der Waals surface area contributed by atoms with Crippen LogP contribution in [0.1, 0.15) is 21.6 Å². The summed E-state index contributed by atoms with van der Waals surface area (Å²) in [6.07, 6.45) is 0.703. The molecule has 1 N–H and O–H groups in total. The van der Waals surface area contributed by atoms with E-state index >= 15 is 0 Å². The van der Waals surface area contributed by atoms with Gasteiger partial charge in [-0.2, -0.15) is 9.78 Å². The summed E-state index contributed by atoms with van der Waals surface area (Å²) < 4.78 is 1.23. The molecule has 1 heterocycles. The second-order valence-corrected chi connectivity index (χ2v) is 6.58. The van der Waals surface area contributed by atoms with Gasteiger partial charge in [-0.25, -0.2) is 0 Å². The Hall–Kier alpha value is -3.99. The van der Waals surface area contributed by atoms with Crippen molar-refractivity contribution in [3.05, 3.63) is 124 Å². The second-order valence-electron chi connectivity index (χ2n) is 6.58. The number of hydrogen-bond donors (Lipinski definition) is 1. The molecule has 0 radical (unpaired) electrons. The van der Waals surface area contributed by atoms with Crippen LogP contribution >= 0.6 is 0 Å². The molecule has 3 aromatic carbocycles. The third-order valence-corrected chi connectivity index (χ3v) is 4.54. The van der Waals surface area contributed by atoms with E-state index < -0.39 is 0 Å². The van der Waals surface area contributed by atoms with Crippen LogP contribution in [0.5, 0.6) is 0 Å². The predicted molar refractivity (Wildman–Crippen MR) is 113 cm³/mol. The zero-order chi connectivity index (χ0) is 20.1. The van der Waals surface area contributed by atoms with Gasteiger partial charge in [0.15, 0.2) is 0 Å². The lowest BCUT2D eigenvalue weighted by atomic mass is 10.0. The van der Waals surface area contributed by atoms with Crippen LogP contribution in [0.4, 0.5) is 5.69 Å². The van der Waals surface area contributed by atoms with Crippen molar-refractivity contribution in [3.8, 4) is 5.69 Å². The van der Waals surface area contributed by atoms with Crippen molar-refractivity contribution in [1.82, 2.24) is 9.78 Å². The van der Waals surface area contributed by atoms with E-state index in [9.17, 15) is 9.59 Å². The average Bonchev–Trinajstić information content (AvgIpc) is 2.77. The van der Waals surface area contributed by atoms with E-state index in [0.717, 1.165) is 16.8 Å². The highest BCUT2D eigenvalue weighted by Gasteiger charge is 2.13. The number of benzene rings is 3. The number of amides is 1. The molecule has 5 heteroatoms. The van der Waals surface area contributed by atoms with Crippen LogP contribution in [-0.4, -0.2) is 15.7 Å². The maximum atomic E-state index is 12.8. The number of para-hydroxylation sites is 2. The van der Waals surface area contributed by atoms with Crippen LogP contribution in [0, 0.1) is 0 Å². The molecule has 142 valence electrons. The number of carbonyl (C=O) groups is 1. The number of anilines is 1. The van der Waals surface area contributed by atoms with Crippen molar-refractivity contribution in [1.29, 1.82) is 0 Å². The molecule has 0 unspecified atom stereocenters. The highest BCUT2D eigenvalue weighted by molar-refractivity contribution is 6.03. The van der Waals surface area contributed by atoms with Gasteiger partial charge in [-0.3, -0.25) is 9.59 Å². The molecule has 0 fully saturated rings. The topological polar surface area (TPSA) is 64.0 Å². The van der Waals surface area contributed by atoms with E-state index in [4.69, 9.17) is 0 Å². The lowest BCUT2D eigenvalue weighted by Gasteiger charge is -2.12. The summed E-state index contributed by atoms with van der Waals surface area (Å²) in [4.78, 5) is 25.0. The Morgan fingerprint density at radius 3 is 2.21 bits per heavy atom. The molecule has 0 bridgehead atoms. The first kappa shape index (κ1) is 18.4. The van der Waals surface area contributed by atoms with Crippen LogP contribution in [0.3, 0.4) is 0 Å². The first-order valence-electron chi connectivity index (χ1n) is 9.30. The lowest BCUT2D eigenvalue weighted by Crippen LogP contribution is -2.25. The molecule has 4 aromatic rings. The summed E-state index contributed by atoms with van der Waals surface area (Å²) in [6.45, 7) is 0. The van der Waals surface area contributed by atoms with E-state index in [-0.39, 0.29) is 17.2 Å². The summed E-state index contributed by atoms with van der Waals surface area (Å²) >= 11 is 0. The van der Waals surface area contributed by atoms with Gasteiger partial charge in [0.2, 0.25) is 0 Å². The van der Waals surface area contributed by atoms with E-state index in [1.165, 1.54) is 16.8 Å². The molecule has 1 amide bonds. The molecule has 5 nitrogen and oxygen atoms in total. The third kappa shape index (κ3) is 4.30. The molecule has 0 aliphatic carbocycles. The number of nitrogens with zero attached hydrogens (tertiary/aromatic N) is 2. The number of rotatable bonds is 5. The Labute approximate surface area is 168 Å². The smallest absolute Gasteiger partial charge is 0.276 e. The van der Waals surface area contributed by atoms with Crippen molar-refractivity contribution < 1.29 is 4.79 Å². The largest absolute Gasteiger partial charge is 0.320 e. The van der Waals surface area contributed by atoms with Crippen LogP contribution in [-0.2, 0) is 6.42 Å². The Morgan fingerprint density at radius 1 is 0.793 bits per heavy atom. The zero-order valence-electron chi connectivity index (χ0n) is 15.7. The number of aromatic nitrogens is 2. The first-order valence-corrected chi connectivity index (χ1v) is 9.30. The van der Waals surface area contributed by atoms with E-state index in [0.29, 0.717) is 12.1 Å². The van der Waals surface area contributed by atoms with Crippen molar-refractivity contribution in [2.45, 2.75) is 6.42 Å². The normalized spacial score (nSPS) is 10.5. The van der Waals surface area contributed by atoms with Crippen LogP contribution < -0.4 is 10.9 Å². The maximum Gasteiger partial charge on any atom is 0.276 e. The van der Waals surface area contributed by atoms with Gasteiger partial charge in [0.1, 0.15) is 5.69 Å². The Morgan fingerprint density at radius 2 is 1.45 bits per heavy atom. The molecular weight excluding hydrogens is 362 g/mol. The minimum absolute atomic E-state index is 0.169. The number of carbonyl (C=O) groups excluding carboxylic acids is 1. The average molecular weight is 381 g/mol. The van der Waals surface area contributed by atoms with Crippen molar-refractivity contribution in [2.75, 3.05) is 5.32 Å². The highest BCUT2D eigenvalue weighted by Crippen LogP contribution is 2.19. The van der Waals surface area contributed by atoms with E-state index in [1.54, 1.807) is 12.1 Å². The Bertz CT molecular complexity index is 1190. The van der Waals surface area contributed by atoms with Gasteiger partial charge in [0.05, 0.1) is 5.69 Å². The second kappa shape index (κ2) is 8.35. The quantitative estimate of drug-likeness (QED) is 0.567. The van der Waals surface area contributed by atoms with Crippen molar-refractivity contribution in [3.63, 3.8) is 0 Å². The van der Waals surface area contributed by atoms with Gasteiger partial charge in [-0.05, 0) is 41.8 Å². The molecule has 0 atom stereocenters. The molecular formula is C24H19N3O2. The first-order chi connectivity index (χ1) is 14.2. The molecule has 0 aliphatic rings. The van der Waals surface area contributed by atoms with Gasteiger partial charge < -0.3 is 5.32 Å². The third-order valence-electron chi connectivity index (χ3n) is 4.54. The molecule has 0 saturated carbocycles. The highest BCUT2D eigenvalue weighted by atomic mass is 16.2. The monoisotopic (exact) mass is 381 g/mol. The van der Waals surface area contributed by atoms with Gasteiger partial charge >= 0.3 is 0 Å². The molecule has 0 saturated heterocycles. The summed E-state index contributed by atoms with van der Waals surface area (Å²) in [5.41, 5.74) is 3.37. The van der Waals surface area contributed by atoms with Crippen LogP contribution in [0.15, 0.2) is 102 Å². The van der Waals surface area contributed by atoms with Crippen LogP contribution in [0.25, 0.3) is 5.69 Å². The standard InChI is InChI=1S/C24H19N3O2/c28-23-16-15-22(26-27(23)20-12-5-2-6-13-20)24(29)25-21-14-8-7-11-19(21)17-18-9-3-1-4-10-18/h1-16H,17H2,(H,25,29). The van der Waals surface area contributed by atoms with Crippen LogP contribution in [0.2, 0.25) is 0 Å². The number of hydrogen-bond acceptors (Lipinski definition) is 3. The minimum atomic E-state index is -0.366. The van der Waals surface area contributed by atoms with Gasteiger partial charge in [-0.1, -0.05) is 66.7 Å².